The first-order valence-corrected chi connectivity index (χ1v) is 21.3. The second-order valence-electron chi connectivity index (χ2n) is 13.6. The molecule has 0 aliphatic heterocycles. The molecular weight excluding hydrogens is 864 g/mol. The maximum absolute atomic E-state index is 12.2. The molecule has 4 amide bonds. The molecule has 0 atom stereocenters. The van der Waals surface area contributed by atoms with Gasteiger partial charge in [0.1, 0.15) is 10.9 Å². The van der Waals surface area contributed by atoms with Crippen molar-refractivity contribution in [1.82, 2.24) is 25.8 Å². The molecule has 0 saturated heterocycles. The lowest BCUT2D eigenvalue weighted by molar-refractivity contribution is -0.166. The third-order valence-electron chi connectivity index (χ3n) is 8.63. The van der Waals surface area contributed by atoms with E-state index < -0.39 is 17.7 Å². The number of ketones is 1. The van der Waals surface area contributed by atoms with Crippen LogP contribution in [0.4, 0.5) is 16.1 Å². The fraction of sp³-hybridized carbons (Fsp3) is 0.512. The molecule has 0 spiro atoms. The number of thiocarbonyl (C=S) groups is 3. The number of isothiocyanates is 2. The van der Waals surface area contributed by atoms with Gasteiger partial charge < -0.3 is 20.8 Å². The van der Waals surface area contributed by atoms with Crippen LogP contribution in [0.25, 0.3) is 0 Å². The molecule has 0 aromatic heterocycles. The van der Waals surface area contributed by atoms with Crippen LogP contribution in [0.15, 0.2) is 64.7 Å². The van der Waals surface area contributed by atoms with Crippen LogP contribution < -0.4 is 20.8 Å². The summed E-state index contributed by atoms with van der Waals surface area (Å²) in [5, 5.41) is 48.3. The maximum Gasteiger partial charge on any atom is 0.269 e. The molecular formula is C41H59FN8O9S3. The second kappa shape index (κ2) is 36.5. The molecule has 17 nitrogen and oxygen atoms in total. The van der Waals surface area contributed by atoms with E-state index in [1.54, 1.807) is 24.3 Å². The lowest BCUT2D eigenvalue weighted by Crippen LogP contribution is -2.31. The highest BCUT2D eigenvalue weighted by molar-refractivity contribution is 7.80. The summed E-state index contributed by atoms with van der Waals surface area (Å²) in [5.41, 5.74) is 1.51. The molecule has 342 valence electrons. The van der Waals surface area contributed by atoms with Crippen LogP contribution in [0.1, 0.15) is 103 Å². The Morgan fingerprint density at radius 3 is 1.77 bits per heavy atom. The van der Waals surface area contributed by atoms with Gasteiger partial charge in [0.2, 0.25) is 23.6 Å². The number of benzene rings is 2. The summed E-state index contributed by atoms with van der Waals surface area (Å²) in [4.78, 5) is 68.0. The molecule has 0 bridgehead atoms. The van der Waals surface area contributed by atoms with Gasteiger partial charge in [-0.2, -0.15) is 4.99 Å². The number of carbonyl (C=O) groups excluding carboxylic acids is 5. The standard InChI is InChI=1S/C34H53N7O8S2.C7H5NOS.FH/c1-27(42)39(47)23-10-4-7-21-35-31(44)18-20-33(46)41(49)24-9-3-2-6-12-30(43)17-19-32(45)40(48)25-11-5-8-22-36-34(51)38-29-15-13-28(14-16-29)37-26-50;10-6-8-9-7-4-2-1-3-5-7;/h13-16,47-49H,2-12,17-25H2,1H3,(H,35,44)(H2,36,38,51);1-5H;1H/i/hD. The lowest BCUT2D eigenvalue weighted by Gasteiger charge is -2.15. The Morgan fingerprint density at radius 1 is 0.677 bits per heavy atom. The molecule has 0 aliphatic rings. The fourth-order valence-corrected chi connectivity index (χ4v) is 5.60. The van der Waals surface area contributed by atoms with Crippen molar-refractivity contribution in [2.24, 2.45) is 10.1 Å². The van der Waals surface area contributed by atoms with E-state index in [1.165, 1.54) is 6.92 Å². The molecule has 6 N–H and O–H groups in total. The number of para-hydroxylation sites is 1. The van der Waals surface area contributed by atoms with Crippen molar-refractivity contribution in [3.63, 3.8) is 0 Å². The molecule has 0 aliphatic carbocycles. The van der Waals surface area contributed by atoms with Gasteiger partial charge in [0.05, 0.1) is 10.8 Å². The number of unbranched alkanes of at least 4 members (excludes halogenated alkanes) is 7. The van der Waals surface area contributed by atoms with Crippen molar-refractivity contribution in [3.05, 3.63) is 54.6 Å². The van der Waals surface area contributed by atoms with Crippen molar-refractivity contribution in [2.75, 3.05) is 38.0 Å². The van der Waals surface area contributed by atoms with Gasteiger partial charge in [0.25, 0.3) is 1.45 Å². The van der Waals surface area contributed by atoms with E-state index in [0.29, 0.717) is 103 Å². The SMILES string of the molecule is CC(=O)N(O)CCCCCNC(=O)CCC(=O)N(O)CCCCCCC(=O)CCC(=O)N(O)CCCCCNC(=S)Nc1ccc(N=C=S)cc1.S=C=NOc1ccccc1.[2H]F. The third kappa shape index (κ3) is 30.0. The highest BCUT2D eigenvalue weighted by Gasteiger charge is 2.15. The van der Waals surface area contributed by atoms with Gasteiger partial charge in [0, 0.05) is 77.4 Å². The number of halogens is 1. The number of carbonyl (C=O) groups is 5. The Morgan fingerprint density at radius 2 is 1.21 bits per heavy atom. The van der Waals surface area contributed by atoms with Crippen molar-refractivity contribution in [1.29, 1.82) is 1.45 Å². The van der Waals surface area contributed by atoms with Crippen LogP contribution >= 0.6 is 36.7 Å². The molecule has 62 heavy (non-hydrogen) atoms. The second-order valence-corrected chi connectivity index (χ2v) is 14.3. The van der Waals surface area contributed by atoms with Gasteiger partial charge in [-0.25, -0.2) is 15.2 Å². The Kier molecular flexibility index (Phi) is 32.4. The van der Waals surface area contributed by atoms with Crippen LogP contribution in [-0.4, -0.2) is 110 Å². The molecule has 0 unspecified atom stereocenters. The number of hydrogen-bond acceptors (Lipinski definition) is 14. The first-order chi connectivity index (χ1) is 30.4. The Bertz CT molecular complexity index is 1740. The molecule has 2 aromatic carbocycles. The average Bonchev–Trinajstić information content (AvgIpc) is 3.29. The molecule has 2 rings (SSSR count). The van der Waals surface area contributed by atoms with E-state index in [4.69, 9.17) is 21.8 Å². The highest BCUT2D eigenvalue weighted by Crippen LogP contribution is 2.16. The Labute approximate surface area is 379 Å². The summed E-state index contributed by atoms with van der Waals surface area (Å²) in [6.07, 6.45) is 6.86. The fourth-order valence-electron chi connectivity index (χ4n) is 5.24. The predicted molar refractivity (Wildman–Crippen MR) is 243 cm³/mol. The van der Waals surface area contributed by atoms with Crippen molar-refractivity contribution in [3.8, 4) is 5.75 Å². The van der Waals surface area contributed by atoms with E-state index in [9.17, 15) is 39.6 Å². The van der Waals surface area contributed by atoms with Gasteiger partial charge in [-0.1, -0.05) is 31.0 Å². The summed E-state index contributed by atoms with van der Waals surface area (Å²) < 4.78 is 13.0. The number of rotatable bonds is 29. The van der Waals surface area contributed by atoms with E-state index in [2.05, 4.69) is 62.3 Å². The van der Waals surface area contributed by atoms with E-state index in [0.717, 1.165) is 18.5 Å². The average molecular weight is 924 g/mol. The van der Waals surface area contributed by atoms with Gasteiger partial charge >= 0.3 is 0 Å². The maximum atomic E-state index is 12.2. The summed E-state index contributed by atoms with van der Waals surface area (Å²) in [5.74, 6) is -1.14. The van der Waals surface area contributed by atoms with Gasteiger partial charge in [-0.05, 0) is 130 Å². The van der Waals surface area contributed by atoms with Crippen molar-refractivity contribution in [2.45, 2.75) is 103 Å². The minimum atomic E-state index is -0.543. The summed E-state index contributed by atoms with van der Waals surface area (Å²) in [6.45, 7) is 2.86. The molecule has 0 radical (unpaired) electrons. The number of nitrogens with one attached hydrogen (secondary N) is 3. The molecule has 0 heterocycles. The topological polar surface area (TPSA) is 226 Å². The number of hydrogen-bond donors (Lipinski definition) is 6. The first kappa shape index (κ1) is 54.9. The van der Waals surface area contributed by atoms with Crippen LogP contribution in [0.2, 0.25) is 0 Å². The quantitative estimate of drug-likeness (QED) is 0.0157. The summed E-state index contributed by atoms with van der Waals surface area (Å²) >= 11 is 14.2. The largest absolute Gasteiger partial charge is 0.362 e. The van der Waals surface area contributed by atoms with Crippen molar-refractivity contribution < 1.29 is 49.1 Å². The van der Waals surface area contributed by atoms with Crippen LogP contribution in [0.3, 0.4) is 0 Å². The van der Waals surface area contributed by atoms with Gasteiger partial charge in [0.15, 0.2) is 10.9 Å². The van der Waals surface area contributed by atoms with Crippen LogP contribution in [-0.2, 0) is 24.0 Å². The normalized spacial score (nSPS) is 9.98. The molecule has 2 aromatic rings. The number of aliphatic imine (C=N–C) groups is 1. The summed E-state index contributed by atoms with van der Waals surface area (Å²) in [6, 6.07) is 16.4. The number of Topliss-reactive ketones (excluding diaryl/α,β-unsaturated/α-hetero) is 1. The highest BCUT2D eigenvalue weighted by atomic mass is 32.1. The minimum absolute atomic E-state index is 0.0422. The Hall–Kier alpha value is -5.11. The summed E-state index contributed by atoms with van der Waals surface area (Å²) in [7, 11) is 0. The minimum Gasteiger partial charge on any atom is -0.362 e. The lowest BCUT2D eigenvalue weighted by atomic mass is 10.1. The smallest absolute Gasteiger partial charge is 0.269 e. The Balaban J connectivity index is 0.00000276. The van der Waals surface area contributed by atoms with E-state index >= 15 is 0 Å². The number of anilines is 1. The van der Waals surface area contributed by atoms with Gasteiger partial charge in [-0.15, -0.1) is 0 Å². The molecule has 21 heteroatoms. The van der Waals surface area contributed by atoms with Gasteiger partial charge in [-0.3, -0.25) is 44.3 Å². The molecule has 0 fully saturated rings. The number of hydroxylamine groups is 6. The first-order valence-electron chi connectivity index (χ1n) is 20.5. The van der Waals surface area contributed by atoms with Crippen LogP contribution in [0, 0.1) is 0 Å². The van der Waals surface area contributed by atoms with E-state index in [-0.39, 0.29) is 57.0 Å². The van der Waals surface area contributed by atoms with Crippen LogP contribution in [0.5, 0.6) is 5.75 Å². The third-order valence-corrected chi connectivity index (χ3v) is 9.04. The number of amides is 4. The number of nitrogens with zero attached hydrogens (tertiary/aromatic N) is 5. The monoisotopic (exact) mass is 923 g/mol. The predicted octanol–water partition coefficient (Wildman–Crippen LogP) is 7.15. The molecule has 0 saturated carbocycles. The van der Waals surface area contributed by atoms with E-state index in [1.807, 2.05) is 30.3 Å². The van der Waals surface area contributed by atoms with Crippen molar-refractivity contribution >= 4 is 92.9 Å². The zero-order chi connectivity index (χ0) is 47.1. The zero-order valence-corrected chi connectivity index (χ0v) is 37.4. The zero-order valence-electron chi connectivity index (χ0n) is 36.0.